The molecule has 122 valence electrons. The number of aliphatic hydroxyl groups excluding tert-OH is 2. The second-order valence-corrected chi connectivity index (χ2v) is 6.00. The number of rotatable bonds is 6. The van der Waals surface area contributed by atoms with Gasteiger partial charge in [-0.3, -0.25) is 0 Å². The summed E-state index contributed by atoms with van der Waals surface area (Å²) in [6.07, 6.45) is 2.72. The first-order chi connectivity index (χ1) is 10.5. The van der Waals surface area contributed by atoms with Crippen LogP contribution in [0, 0.1) is 29.6 Å². The average molecular weight is 309 g/mol. The van der Waals surface area contributed by atoms with Crippen molar-refractivity contribution in [3.8, 4) is 11.8 Å². The Labute approximate surface area is 130 Å². The molecule has 3 N–H and O–H groups in total. The molecule has 0 aliphatic heterocycles. The molecule has 2 aliphatic carbocycles. The van der Waals surface area contributed by atoms with Crippen LogP contribution in [0.3, 0.4) is 0 Å². The topological polar surface area (TPSA) is 99.4 Å². The van der Waals surface area contributed by atoms with Gasteiger partial charge in [-0.15, -0.1) is 0 Å². The minimum atomic E-state index is -1.06. The van der Waals surface area contributed by atoms with Gasteiger partial charge < -0.3 is 20.2 Å². The summed E-state index contributed by atoms with van der Waals surface area (Å²) >= 11 is 0. The zero-order chi connectivity index (χ0) is 16.1. The Hall–Kier alpha value is -1.58. The highest BCUT2D eigenvalue weighted by atomic mass is 16.6. The van der Waals surface area contributed by atoms with E-state index in [4.69, 9.17) is 9.94 Å². The standard InChI is InChI=1S/C16H23NO5/c1-2-3-4-10(18)5-6-11-12-7-14(13(12)8-15(11)19)17-22-9-16(20)21/h10-13,15,18-19H,2-4,7-9H2,1H3,(H,20,21). The van der Waals surface area contributed by atoms with Crippen LogP contribution in [0.15, 0.2) is 5.16 Å². The van der Waals surface area contributed by atoms with E-state index in [0.717, 1.165) is 18.6 Å². The van der Waals surface area contributed by atoms with Crippen LogP contribution < -0.4 is 0 Å². The van der Waals surface area contributed by atoms with E-state index in [2.05, 4.69) is 23.9 Å². The molecule has 0 radical (unpaired) electrons. The molecule has 0 heterocycles. The molecule has 0 bridgehead atoms. The highest BCUT2D eigenvalue weighted by Gasteiger charge is 2.51. The lowest BCUT2D eigenvalue weighted by atomic mass is 9.71. The minimum Gasteiger partial charge on any atom is -0.479 e. The van der Waals surface area contributed by atoms with Crippen LogP contribution in [-0.2, 0) is 9.63 Å². The Kier molecular flexibility index (Phi) is 5.81. The monoisotopic (exact) mass is 309 g/mol. The summed E-state index contributed by atoms with van der Waals surface area (Å²) in [7, 11) is 0. The highest BCUT2D eigenvalue weighted by molar-refractivity contribution is 5.93. The first kappa shape index (κ1) is 16.8. The lowest BCUT2D eigenvalue weighted by Gasteiger charge is -2.33. The van der Waals surface area contributed by atoms with Gasteiger partial charge in [0.2, 0.25) is 6.61 Å². The van der Waals surface area contributed by atoms with Gasteiger partial charge >= 0.3 is 5.97 Å². The zero-order valence-corrected chi connectivity index (χ0v) is 12.7. The van der Waals surface area contributed by atoms with Gasteiger partial charge in [0.15, 0.2) is 0 Å². The molecule has 22 heavy (non-hydrogen) atoms. The van der Waals surface area contributed by atoms with Crippen molar-refractivity contribution in [2.45, 2.75) is 51.2 Å². The molecule has 2 saturated carbocycles. The van der Waals surface area contributed by atoms with Gasteiger partial charge in [-0.25, -0.2) is 4.79 Å². The van der Waals surface area contributed by atoms with Crippen molar-refractivity contribution in [1.29, 1.82) is 0 Å². The fourth-order valence-electron chi connectivity index (χ4n) is 3.14. The normalized spacial score (nSPS) is 32.6. The smallest absolute Gasteiger partial charge is 0.344 e. The Morgan fingerprint density at radius 1 is 1.55 bits per heavy atom. The molecular weight excluding hydrogens is 286 g/mol. The number of oxime groups is 1. The summed E-state index contributed by atoms with van der Waals surface area (Å²) in [6, 6.07) is 0. The van der Waals surface area contributed by atoms with Crippen LogP contribution in [0.1, 0.15) is 39.0 Å². The second kappa shape index (κ2) is 7.61. The van der Waals surface area contributed by atoms with Crippen LogP contribution in [0.5, 0.6) is 0 Å². The highest BCUT2D eigenvalue weighted by Crippen LogP contribution is 2.48. The van der Waals surface area contributed by atoms with E-state index in [9.17, 15) is 15.0 Å². The van der Waals surface area contributed by atoms with Crippen LogP contribution in [-0.4, -0.2) is 45.8 Å². The Morgan fingerprint density at radius 3 is 3.00 bits per heavy atom. The molecule has 2 rings (SSSR count). The summed E-state index contributed by atoms with van der Waals surface area (Å²) < 4.78 is 0. The number of carboxylic acid groups (broad SMARTS) is 1. The van der Waals surface area contributed by atoms with Crippen molar-refractivity contribution in [3.63, 3.8) is 0 Å². The number of nitrogens with zero attached hydrogens (tertiary/aromatic N) is 1. The molecule has 6 nitrogen and oxygen atoms in total. The molecule has 6 heteroatoms. The minimum absolute atomic E-state index is 0.121. The van der Waals surface area contributed by atoms with Gasteiger partial charge in [-0.05, 0) is 25.2 Å². The van der Waals surface area contributed by atoms with Gasteiger partial charge in [0.25, 0.3) is 0 Å². The lowest BCUT2D eigenvalue weighted by Crippen LogP contribution is -2.36. The molecule has 2 fully saturated rings. The molecule has 0 aromatic rings. The van der Waals surface area contributed by atoms with Crippen molar-refractivity contribution in [1.82, 2.24) is 0 Å². The molecular formula is C16H23NO5. The summed E-state index contributed by atoms with van der Waals surface area (Å²) in [5, 5.41) is 32.2. The number of hydrogen-bond donors (Lipinski definition) is 3. The molecule has 0 spiro atoms. The largest absolute Gasteiger partial charge is 0.479 e. The van der Waals surface area contributed by atoms with Crippen LogP contribution in [0.2, 0.25) is 0 Å². The molecule has 2 aliphatic rings. The number of aliphatic hydroxyl groups is 2. The molecule has 5 unspecified atom stereocenters. The predicted octanol–water partition coefficient (Wildman–Crippen LogP) is 1.01. The first-order valence-corrected chi connectivity index (χ1v) is 7.80. The molecule has 0 amide bonds. The van der Waals surface area contributed by atoms with Crippen LogP contribution >= 0.6 is 0 Å². The van der Waals surface area contributed by atoms with Gasteiger partial charge in [0.1, 0.15) is 6.10 Å². The van der Waals surface area contributed by atoms with Gasteiger partial charge in [0.05, 0.1) is 17.7 Å². The number of hydrogen-bond acceptors (Lipinski definition) is 5. The molecule has 0 aromatic heterocycles. The predicted molar refractivity (Wildman–Crippen MR) is 80.0 cm³/mol. The lowest BCUT2D eigenvalue weighted by molar-refractivity contribution is -0.142. The fourth-order valence-corrected chi connectivity index (χ4v) is 3.14. The first-order valence-electron chi connectivity index (χ1n) is 7.80. The third kappa shape index (κ3) is 3.99. The third-order valence-corrected chi connectivity index (χ3v) is 4.38. The zero-order valence-electron chi connectivity index (χ0n) is 12.7. The SMILES string of the molecule is CCCCC(O)C#CC1C(O)CC2C(=NOCC(=O)O)CC21. The summed E-state index contributed by atoms with van der Waals surface area (Å²) in [4.78, 5) is 15.1. The van der Waals surface area contributed by atoms with Gasteiger partial charge in [-0.1, -0.05) is 36.8 Å². The average Bonchev–Trinajstić information content (AvgIpc) is 2.71. The number of aliphatic carboxylic acids is 1. The number of carbonyl (C=O) groups is 1. The van der Waals surface area contributed by atoms with E-state index in [-0.39, 0.29) is 17.8 Å². The van der Waals surface area contributed by atoms with E-state index >= 15 is 0 Å². The van der Waals surface area contributed by atoms with Gasteiger partial charge in [-0.2, -0.15) is 0 Å². The Bertz CT molecular complexity index is 492. The van der Waals surface area contributed by atoms with E-state index in [1.807, 2.05) is 0 Å². The Morgan fingerprint density at radius 2 is 2.32 bits per heavy atom. The number of fused-ring (bicyclic) bond motifs is 1. The molecule has 0 aromatic carbocycles. The van der Waals surface area contributed by atoms with Crippen molar-refractivity contribution < 1.29 is 25.0 Å². The van der Waals surface area contributed by atoms with E-state index in [1.54, 1.807) is 0 Å². The summed E-state index contributed by atoms with van der Waals surface area (Å²) in [5.74, 6) is 5.02. The number of carboxylic acids is 1. The molecule has 0 saturated heterocycles. The fraction of sp³-hybridized carbons (Fsp3) is 0.750. The Balaban J connectivity index is 1.87. The maximum atomic E-state index is 10.4. The van der Waals surface area contributed by atoms with E-state index < -0.39 is 24.8 Å². The summed E-state index contributed by atoms with van der Waals surface area (Å²) in [5.41, 5.74) is 0.807. The molecule has 5 atom stereocenters. The van der Waals surface area contributed by atoms with E-state index in [0.29, 0.717) is 19.3 Å². The maximum Gasteiger partial charge on any atom is 0.344 e. The van der Waals surface area contributed by atoms with Crippen molar-refractivity contribution in [2.24, 2.45) is 22.9 Å². The second-order valence-electron chi connectivity index (χ2n) is 6.00. The van der Waals surface area contributed by atoms with Crippen molar-refractivity contribution >= 4 is 11.7 Å². The van der Waals surface area contributed by atoms with Crippen molar-refractivity contribution in [2.75, 3.05) is 6.61 Å². The van der Waals surface area contributed by atoms with E-state index in [1.165, 1.54) is 0 Å². The van der Waals surface area contributed by atoms with Gasteiger partial charge in [0, 0.05) is 5.92 Å². The van der Waals surface area contributed by atoms with Crippen LogP contribution in [0.4, 0.5) is 0 Å². The maximum absolute atomic E-state index is 10.4. The quantitative estimate of drug-likeness (QED) is 0.502. The third-order valence-electron chi connectivity index (χ3n) is 4.38. The van der Waals surface area contributed by atoms with Crippen molar-refractivity contribution in [3.05, 3.63) is 0 Å². The summed E-state index contributed by atoms with van der Waals surface area (Å²) in [6.45, 7) is 1.61. The van der Waals surface area contributed by atoms with Crippen LogP contribution in [0.25, 0.3) is 0 Å². The number of unbranched alkanes of at least 4 members (excludes halogenated alkanes) is 1.